The Balaban J connectivity index is 1.40. The van der Waals surface area contributed by atoms with E-state index in [0.717, 1.165) is 16.9 Å². The van der Waals surface area contributed by atoms with Crippen LogP contribution in [0.4, 0.5) is 10.9 Å². The fourth-order valence-electron chi connectivity index (χ4n) is 3.32. The minimum absolute atomic E-state index is 0.141. The summed E-state index contributed by atoms with van der Waals surface area (Å²) >= 11 is 6.99. The van der Waals surface area contributed by atoms with E-state index in [9.17, 15) is 14.4 Å². The van der Waals surface area contributed by atoms with Crippen molar-refractivity contribution in [2.75, 3.05) is 25.0 Å². The fraction of sp³-hybridized carbons (Fsp3) is 0.227. The average Bonchev–Trinajstić information content (AvgIpc) is 3.14. The third-order valence-corrected chi connectivity index (χ3v) is 6.25. The quantitative estimate of drug-likeness (QED) is 0.556. The van der Waals surface area contributed by atoms with Crippen LogP contribution >= 0.6 is 22.9 Å². The van der Waals surface area contributed by atoms with Gasteiger partial charge >= 0.3 is 0 Å². The third kappa shape index (κ3) is 4.95. The Bertz CT molecular complexity index is 1130. The summed E-state index contributed by atoms with van der Waals surface area (Å²) in [7, 11) is 0. The van der Waals surface area contributed by atoms with Crippen molar-refractivity contribution in [3.8, 4) is 0 Å². The number of piperazine rings is 1. The monoisotopic (exact) mass is 469 g/mol. The maximum Gasteiger partial charge on any atom is 0.266 e. The number of pyridine rings is 1. The molecule has 3 aromatic rings. The number of rotatable bonds is 6. The number of benzene rings is 1. The normalized spacial score (nSPS) is 14.1. The van der Waals surface area contributed by atoms with Gasteiger partial charge in [0.05, 0.1) is 10.7 Å². The van der Waals surface area contributed by atoms with E-state index in [4.69, 9.17) is 11.6 Å². The van der Waals surface area contributed by atoms with Gasteiger partial charge in [-0.1, -0.05) is 53.3 Å². The number of nitrogens with one attached hydrogen (secondary N) is 1. The summed E-state index contributed by atoms with van der Waals surface area (Å²) in [5.74, 6) is -0.603. The molecule has 1 aromatic carbocycles. The van der Waals surface area contributed by atoms with Crippen LogP contribution in [0.3, 0.4) is 0 Å². The smallest absolute Gasteiger partial charge is 0.266 e. The van der Waals surface area contributed by atoms with Gasteiger partial charge in [-0.3, -0.25) is 19.3 Å². The first-order valence-electron chi connectivity index (χ1n) is 9.93. The number of carbonyl (C=O) groups is 3. The van der Waals surface area contributed by atoms with Crippen molar-refractivity contribution in [3.05, 3.63) is 69.8 Å². The molecule has 1 N–H and O–H groups in total. The zero-order valence-corrected chi connectivity index (χ0v) is 18.8. The molecule has 0 radical (unpaired) electrons. The van der Waals surface area contributed by atoms with E-state index in [1.165, 1.54) is 16.0 Å². The lowest BCUT2D eigenvalue weighted by molar-refractivity contribution is -0.150. The van der Waals surface area contributed by atoms with Gasteiger partial charge in [0.1, 0.15) is 23.8 Å². The second-order valence-electron chi connectivity index (χ2n) is 7.26. The second kappa shape index (κ2) is 9.46. The van der Waals surface area contributed by atoms with Gasteiger partial charge in [-0.25, -0.2) is 9.97 Å². The Morgan fingerprint density at radius 2 is 1.84 bits per heavy atom. The molecule has 1 aliphatic rings. The number of nitrogens with zero attached hydrogens (tertiary/aromatic N) is 4. The van der Waals surface area contributed by atoms with Gasteiger partial charge in [0, 0.05) is 12.7 Å². The zero-order valence-electron chi connectivity index (χ0n) is 17.2. The summed E-state index contributed by atoms with van der Waals surface area (Å²) in [5, 5.41) is 4.03. The molecule has 4 rings (SSSR count). The lowest BCUT2D eigenvalue weighted by atomic mass is 10.1. The highest BCUT2D eigenvalue weighted by atomic mass is 35.5. The zero-order chi connectivity index (χ0) is 22.7. The van der Waals surface area contributed by atoms with Crippen LogP contribution < -0.4 is 5.32 Å². The molecule has 2 aromatic heterocycles. The molecule has 0 atom stereocenters. The first kappa shape index (κ1) is 21.9. The number of aryl methyl sites for hydroxylation is 1. The molecule has 1 fully saturated rings. The van der Waals surface area contributed by atoms with Crippen LogP contribution in [0.2, 0.25) is 5.02 Å². The molecule has 3 amide bonds. The van der Waals surface area contributed by atoms with Crippen molar-refractivity contribution in [1.29, 1.82) is 0 Å². The lowest BCUT2D eigenvalue weighted by Gasteiger charge is -2.32. The van der Waals surface area contributed by atoms with Crippen LogP contribution in [0.5, 0.6) is 0 Å². The highest BCUT2D eigenvalue weighted by molar-refractivity contribution is 7.17. The van der Waals surface area contributed by atoms with Gasteiger partial charge in [-0.2, -0.15) is 0 Å². The van der Waals surface area contributed by atoms with E-state index in [2.05, 4.69) is 15.3 Å². The number of thiazole rings is 1. The first-order valence-corrected chi connectivity index (χ1v) is 11.1. The van der Waals surface area contributed by atoms with Gasteiger partial charge in [-0.05, 0) is 31.0 Å². The van der Waals surface area contributed by atoms with E-state index >= 15 is 0 Å². The Morgan fingerprint density at radius 1 is 1.12 bits per heavy atom. The third-order valence-electron chi connectivity index (χ3n) is 4.96. The second-order valence-corrected chi connectivity index (χ2v) is 8.69. The van der Waals surface area contributed by atoms with Crippen molar-refractivity contribution in [2.24, 2.45) is 0 Å². The molecule has 0 saturated carbocycles. The number of aromatic nitrogens is 2. The molecule has 8 nitrogen and oxygen atoms in total. The number of carbonyl (C=O) groups excluding carboxylic acids is 3. The molecular weight excluding hydrogens is 450 g/mol. The topological polar surface area (TPSA) is 95.5 Å². The molecule has 0 aliphatic carbocycles. The van der Waals surface area contributed by atoms with Crippen LogP contribution in [0.15, 0.2) is 48.7 Å². The minimum Gasteiger partial charge on any atom is -0.319 e. The largest absolute Gasteiger partial charge is 0.319 e. The number of imide groups is 1. The van der Waals surface area contributed by atoms with Crippen molar-refractivity contribution in [2.45, 2.75) is 13.3 Å². The molecule has 0 unspecified atom stereocenters. The van der Waals surface area contributed by atoms with Crippen molar-refractivity contribution >= 4 is 51.6 Å². The van der Waals surface area contributed by atoms with Gasteiger partial charge in [0.15, 0.2) is 5.13 Å². The Labute approximate surface area is 193 Å². The number of hydrogen-bond acceptors (Lipinski definition) is 7. The molecule has 10 heteroatoms. The number of hydrogen-bond donors (Lipinski definition) is 1. The maximum absolute atomic E-state index is 13.0. The van der Waals surface area contributed by atoms with Crippen molar-refractivity contribution in [1.82, 2.24) is 19.8 Å². The highest BCUT2D eigenvalue weighted by Crippen LogP contribution is 2.27. The van der Waals surface area contributed by atoms with E-state index in [-0.39, 0.29) is 30.8 Å². The van der Waals surface area contributed by atoms with Crippen LogP contribution in [0, 0.1) is 6.92 Å². The van der Waals surface area contributed by atoms with E-state index < -0.39 is 0 Å². The van der Waals surface area contributed by atoms with Gasteiger partial charge in [-0.15, -0.1) is 0 Å². The summed E-state index contributed by atoms with van der Waals surface area (Å²) in [6.45, 7) is 1.73. The molecule has 0 bridgehead atoms. The standard InChI is InChI=1S/C22H20ClN5O3S/c1-14-20(32-22(25-14)26-17-8-7-16(23)11-24-17)21(31)27-12-18(29)28(19(30)13-27)10-9-15-5-3-2-4-6-15/h2-8,11H,9-10,12-13H2,1H3,(H,24,25,26). The van der Waals surface area contributed by atoms with Crippen LogP contribution in [-0.2, 0) is 16.0 Å². The molecule has 1 saturated heterocycles. The molecule has 164 valence electrons. The highest BCUT2D eigenvalue weighted by Gasteiger charge is 2.34. The summed E-state index contributed by atoms with van der Waals surface area (Å²) in [4.78, 5) is 49.6. The average molecular weight is 470 g/mol. The number of anilines is 2. The predicted octanol–water partition coefficient (Wildman–Crippen LogP) is 3.30. The van der Waals surface area contributed by atoms with Gasteiger partial charge in [0.25, 0.3) is 5.91 Å². The molecule has 1 aliphatic heterocycles. The SMILES string of the molecule is Cc1nc(Nc2ccc(Cl)cn2)sc1C(=O)N1CC(=O)N(CCc2ccccc2)C(=O)C1. The van der Waals surface area contributed by atoms with Crippen molar-refractivity contribution < 1.29 is 14.4 Å². The van der Waals surface area contributed by atoms with E-state index in [1.54, 1.807) is 19.1 Å². The molecular formula is C22H20ClN5O3S. The summed E-state index contributed by atoms with van der Waals surface area (Å²) < 4.78 is 0. The summed E-state index contributed by atoms with van der Waals surface area (Å²) in [5.41, 5.74) is 1.56. The Kier molecular flexibility index (Phi) is 6.48. The van der Waals surface area contributed by atoms with Crippen LogP contribution in [-0.4, -0.2) is 57.1 Å². The number of amides is 3. The Hall–Kier alpha value is -3.30. The van der Waals surface area contributed by atoms with Gasteiger partial charge < -0.3 is 10.2 Å². The first-order chi connectivity index (χ1) is 15.4. The Morgan fingerprint density at radius 3 is 2.50 bits per heavy atom. The fourth-order valence-corrected chi connectivity index (χ4v) is 4.38. The molecule has 32 heavy (non-hydrogen) atoms. The minimum atomic E-state index is -0.387. The van der Waals surface area contributed by atoms with E-state index in [1.807, 2.05) is 30.3 Å². The molecule has 3 heterocycles. The lowest BCUT2D eigenvalue weighted by Crippen LogP contribution is -2.55. The van der Waals surface area contributed by atoms with Crippen LogP contribution in [0.25, 0.3) is 0 Å². The summed E-state index contributed by atoms with van der Waals surface area (Å²) in [6, 6.07) is 13.0. The van der Waals surface area contributed by atoms with Gasteiger partial charge in [0.2, 0.25) is 11.8 Å². The van der Waals surface area contributed by atoms with Crippen LogP contribution in [0.1, 0.15) is 20.9 Å². The molecule has 0 spiro atoms. The number of halogens is 1. The predicted molar refractivity (Wildman–Crippen MR) is 122 cm³/mol. The van der Waals surface area contributed by atoms with Crippen molar-refractivity contribution in [3.63, 3.8) is 0 Å². The maximum atomic E-state index is 13.0. The van der Waals surface area contributed by atoms with E-state index in [0.29, 0.717) is 39.5 Å². The summed E-state index contributed by atoms with van der Waals surface area (Å²) in [6.07, 6.45) is 2.08.